The van der Waals surface area contributed by atoms with E-state index in [4.69, 9.17) is 4.42 Å². The van der Waals surface area contributed by atoms with Crippen molar-refractivity contribution in [2.24, 2.45) is 0 Å². The number of oxazole rings is 1. The fourth-order valence-corrected chi connectivity index (χ4v) is 1.98. The number of aromatic amines is 1. The topological polar surface area (TPSA) is 88.9 Å². The highest BCUT2D eigenvalue weighted by atomic mass is 16.4. The average molecular weight is 269 g/mol. The van der Waals surface area contributed by atoms with Crippen molar-refractivity contribution < 1.29 is 9.21 Å². The van der Waals surface area contributed by atoms with Gasteiger partial charge in [-0.15, -0.1) is 0 Å². The van der Waals surface area contributed by atoms with Crippen molar-refractivity contribution in [1.82, 2.24) is 15.0 Å². The maximum atomic E-state index is 11.4. The third-order valence-corrected chi connectivity index (χ3v) is 2.89. The smallest absolute Gasteiger partial charge is 0.408 e. The van der Waals surface area contributed by atoms with Gasteiger partial charge in [-0.2, -0.15) is 0 Å². The Hall–Kier alpha value is -2.76. The largest absolute Gasteiger partial charge is 0.417 e. The summed E-state index contributed by atoms with van der Waals surface area (Å²) in [6, 6.07) is 7.03. The van der Waals surface area contributed by atoms with E-state index >= 15 is 0 Å². The van der Waals surface area contributed by atoms with E-state index in [2.05, 4.69) is 15.0 Å². The molecule has 3 rings (SSSR count). The van der Waals surface area contributed by atoms with Gasteiger partial charge in [-0.05, 0) is 25.1 Å². The zero-order valence-corrected chi connectivity index (χ0v) is 10.9. The molecule has 3 aromatic rings. The Labute approximate surface area is 113 Å². The Morgan fingerprint density at radius 3 is 2.80 bits per heavy atom. The van der Waals surface area contributed by atoms with Crippen molar-refractivity contribution in [3.63, 3.8) is 0 Å². The molecule has 20 heavy (non-hydrogen) atoms. The maximum absolute atomic E-state index is 11.4. The first-order valence-corrected chi connectivity index (χ1v) is 6.03. The SMILES string of the molecule is CC(=O)c1nc(C)cc(-c2ccc3[nH]c(=O)oc3c2)n1. The summed E-state index contributed by atoms with van der Waals surface area (Å²) < 4.78 is 5.02. The van der Waals surface area contributed by atoms with Crippen LogP contribution in [0, 0.1) is 6.92 Å². The molecule has 0 saturated carbocycles. The Morgan fingerprint density at radius 2 is 2.05 bits per heavy atom. The van der Waals surface area contributed by atoms with Gasteiger partial charge >= 0.3 is 5.76 Å². The molecule has 0 amide bonds. The van der Waals surface area contributed by atoms with Gasteiger partial charge in [0.05, 0.1) is 11.2 Å². The number of aryl methyl sites for hydroxylation is 1. The molecule has 100 valence electrons. The minimum absolute atomic E-state index is 0.176. The summed E-state index contributed by atoms with van der Waals surface area (Å²) >= 11 is 0. The van der Waals surface area contributed by atoms with E-state index in [-0.39, 0.29) is 11.6 Å². The van der Waals surface area contributed by atoms with Crippen LogP contribution in [0.15, 0.2) is 33.5 Å². The number of benzene rings is 1. The number of aromatic nitrogens is 3. The minimum Gasteiger partial charge on any atom is -0.408 e. The van der Waals surface area contributed by atoms with Gasteiger partial charge in [-0.25, -0.2) is 14.8 Å². The molecule has 0 bridgehead atoms. The lowest BCUT2D eigenvalue weighted by Crippen LogP contribution is -2.03. The maximum Gasteiger partial charge on any atom is 0.417 e. The lowest BCUT2D eigenvalue weighted by molar-refractivity contribution is 0.100. The molecule has 6 heteroatoms. The predicted octanol–water partition coefficient (Wildman–Crippen LogP) is 2.09. The lowest BCUT2D eigenvalue weighted by atomic mass is 10.1. The molecular formula is C14H11N3O3. The van der Waals surface area contributed by atoms with E-state index in [0.29, 0.717) is 22.5 Å². The number of hydrogen-bond acceptors (Lipinski definition) is 5. The van der Waals surface area contributed by atoms with Gasteiger partial charge in [-0.1, -0.05) is 6.07 Å². The molecule has 2 heterocycles. The number of carbonyl (C=O) groups is 1. The molecule has 0 saturated heterocycles. The molecule has 1 aromatic carbocycles. The quantitative estimate of drug-likeness (QED) is 0.719. The van der Waals surface area contributed by atoms with Crippen LogP contribution in [0.4, 0.5) is 0 Å². The van der Waals surface area contributed by atoms with Crippen molar-refractivity contribution >= 4 is 16.9 Å². The summed E-state index contributed by atoms with van der Waals surface area (Å²) in [7, 11) is 0. The van der Waals surface area contributed by atoms with Crippen LogP contribution in [0.25, 0.3) is 22.4 Å². The summed E-state index contributed by atoms with van der Waals surface area (Å²) in [6.07, 6.45) is 0. The van der Waals surface area contributed by atoms with Gasteiger partial charge in [0, 0.05) is 18.2 Å². The fourth-order valence-electron chi connectivity index (χ4n) is 1.98. The number of Topliss-reactive ketones (excluding diaryl/α,β-unsaturated/α-hetero) is 1. The third kappa shape index (κ3) is 2.11. The Kier molecular flexibility index (Phi) is 2.71. The van der Waals surface area contributed by atoms with Gasteiger partial charge in [0.1, 0.15) is 0 Å². The highest BCUT2D eigenvalue weighted by Crippen LogP contribution is 2.22. The monoisotopic (exact) mass is 269 g/mol. The van der Waals surface area contributed by atoms with Crippen LogP contribution in [-0.2, 0) is 0 Å². The first-order valence-electron chi connectivity index (χ1n) is 6.03. The number of H-pyrrole nitrogens is 1. The van der Waals surface area contributed by atoms with Gasteiger partial charge < -0.3 is 4.42 Å². The van der Waals surface area contributed by atoms with Gasteiger partial charge in [0.2, 0.25) is 0 Å². The molecule has 1 N–H and O–H groups in total. The van der Waals surface area contributed by atoms with Crippen LogP contribution in [0.2, 0.25) is 0 Å². The summed E-state index contributed by atoms with van der Waals surface area (Å²) in [5.74, 6) is -0.514. The average Bonchev–Trinajstić information content (AvgIpc) is 2.76. The highest BCUT2D eigenvalue weighted by molar-refractivity contribution is 5.91. The first-order chi connectivity index (χ1) is 9.52. The van der Waals surface area contributed by atoms with Crippen LogP contribution < -0.4 is 5.76 Å². The number of fused-ring (bicyclic) bond motifs is 1. The molecule has 6 nitrogen and oxygen atoms in total. The second-order valence-corrected chi connectivity index (χ2v) is 4.50. The van der Waals surface area contributed by atoms with Crippen molar-refractivity contribution in [3.8, 4) is 11.3 Å². The molecule has 0 fully saturated rings. The number of nitrogens with one attached hydrogen (secondary N) is 1. The zero-order valence-electron chi connectivity index (χ0n) is 10.9. The molecule has 2 aromatic heterocycles. The molecule has 0 aliphatic rings. The summed E-state index contributed by atoms with van der Waals surface area (Å²) in [5.41, 5.74) is 3.15. The molecule has 0 unspecified atom stereocenters. The normalized spacial score (nSPS) is 10.9. The van der Waals surface area contributed by atoms with Crippen molar-refractivity contribution in [1.29, 1.82) is 0 Å². The van der Waals surface area contributed by atoms with E-state index < -0.39 is 5.76 Å². The predicted molar refractivity (Wildman–Crippen MR) is 72.6 cm³/mol. The first kappa shape index (κ1) is 12.3. The molecule has 0 aliphatic carbocycles. The second kappa shape index (κ2) is 4.41. The van der Waals surface area contributed by atoms with E-state index in [1.54, 1.807) is 31.2 Å². The number of nitrogens with zero attached hydrogens (tertiary/aromatic N) is 2. The zero-order chi connectivity index (χ0) is 14.3. The van der Waals surface area contributed by atoms with E-state index in [1.165, 1.54) is 6.92 Å². The highest BCUT2D eigenvalue weighted by Gasteiger charge is 2.10. The standard InChI is InChI=1S/C14H11N3O3/c1-7-5-11(16-13(15-7)8(2)18)9-3-4-10-12(6-9)20-14(19)17-10/h3-6H,1-2H3,(H,17,19). The number of ketones is 1. The number of carbonyl (C=O) groups excluding carboxylic acids is 1. The molecule has 0 atom stereocenters. The van der Waals surface area contributed by atoms with Crippen molar-refractivity contribution in [3.05, 3.63) is 46.3 Å². The molecular weight excluding hydrogens is 258 g/mol. The molecule has 0 aliphatic heterocycles. The van der Waals surface area contributed by atoms with Crippen LogP contribution >= 0.6 is 0 Å². The summed E-state index contributed by atoms with van der Waals surface area (Å²) in [5, 5.41) is 0. The van der Waals surface area contributed by atoms with Crippen LogP contribution in [0.5, 0.6) is 0 Å². The Morgan fingerprint density at radius 1 is 1.25 bits per heavy atom. The van der Waals surface area contributed by atoms with Crippen molar-refractivity contribution in [2.45, 2.75) is 13.8 Å². The van der Waals surface area contributed by atoms with Crippen LogP contribution in [0.1, 0.15) is 23.2 Å². The third-order valence-electron chi connectivity index (χ3n) is 2.89. The van der Waals surface area contributed by atoms with Gasteiger partial charge in [0.25, 0.3) is 0 Å². The van der Waals surface area contributed by atoms with Crippen molar-refractivity contribution in [2.75, 3.05) is 0 Å². The Balaban J connectivity index is 2.19. The molecule has 0 radical (unpaired) electrons. The number of hydrogen-bond donors (Lipinski definition) is 1. The van der Waals surface area contributed by atoms with E-state index in [0.717, 1.165) is 5.56 Å². The molecule has 0 spiro atoms. The fraction of sp³-hybridized carbons (Fsp3) is 0.143. The van der Waals surface area contributed by atoms with Crippen LogP contribution in [0.3, 0.4) is 0 Å². The lowest BCUT2D eigenvalue weighted by Gasteiger charge is -2.04. The number of rotatable bonds is 2. The Bertz CT molecular complexity index is 877. The summed E-state index contributed by atoms with van der Waals surface area (Å²) in [4.78, 5) is 33.4. The van der Waals surface area contributed by atoms with Gasteiger partial charge in [0.15, 0.2) is 17.2 Å². The van der Waals surface area contributed by atoms with Gasteiger partial charge in [-0.3, -0.25) is 9.78 Å². The second-order valence-electron chi connectivity index (χ2n) is 4.50. The summed E-state index contributed by atoms with van der Waals surface area (Å²) in [6.45, 7) is 3.22. The van der Waals surface area contributed by atoms with Crippen LogP contribution in [-0.4, -0.2) is 20.7 Å². The minimum atomic E-state index is -0.500. The van der Waals surface area contributed by atoms with E-state index in [9.17, 15) is 9.59 Å². The van der Waals surface area contributed by atoms with E-state index in [1.807, 2.05) is 0 Å².